The Kier molecular flexibility index (Phi) is 5.69. The highest BCUT2D eigenvalue weighted by Gasteiger charge is 2.18. The van der Waals surface area contributed by atoms with E-state index in [-0.39, 0.29) is 12.4 Å². The molecular weight excluding hydrogens is 438 g/mol. The molecule has 29 heavy (non-hydrogen) atoms. The van der Waals surface area contributed by atoms with Crippen LogP contribution < -0.4 is 19.7 Å². The number of fused-ring (bicyclic) bond motifs is 1. The van der Waals surface area contributed by atoms with Gasteiger partial charge in [-0.15, -0.1) is 0 Å². The van der Waals surface area contributed by atoms with E-state index in [0.29, 0.717) is 40.4 Å². The lowest BCUT2D eigenvalue weighted by molar-refractivity contribution is -0.112. The molecule has 0 saturated carbocycles. The number of nitriles is 1. The van der Waals surface area contributed by atoms with Gasteiger partial charge in [0.1, 0.15) is 11.6 Å². The van der Waals surface area contributed by atoms with E-state index in [9.17, 15) is 10.1 Å². The maximum Gasteiger partial charge on any atom is 0.266 e. The molecule has 1 saturated heterocycles. The van der Waals surface area contributed by atoms with E-state index in [1.54, 1.807) is 12.1 Å². The maximum absolute atomic E-state index is 12.6. The van der Waals surface area contributed by atoms with E-state index in [0.717, 1.165) is 18.8 Å². The number of benzene rings is 2. The number of ether oxygens (including phenoxy) is 3. The van der Waals surface area contributed by atoms with E-state index >= 15 is 0 Å². The lowest BCUT2D eigenvalue weighted by Gasteiger charge is -2.28. The van der Waals surface area contributed by atoms with Crippen LogP contribution in [0.5, 0.6) is 11.5 Å². The number of carbonyl (C=O) groups excluding carboxylic acids is 1. The van der Waals surface area contributed by atoms with Crippen LogP contribution in [0.4, 0.5) is 11.4 Å². The first-order valence-electron chi connectivity index (χ1n) is 9.09. The zero-order chi connectivity index (χ0) is 20.2. The van der Waals surface area contributed by atoms with Crippen molar-refractivity contribution in [1.82, 2.24) is 0 Å². The molecule has 0 radical (unpaired) electrons. The van der Waals surface area contributed by atoms with Crippen molar-refractivity contribution in [2.75, 3.05) is 43.3 Å². The number of nitrogens with one attached hydrogen (secondary N) is 1. The Morgan fingerprint density at radius 1 is 1.17 bits per heavy atom. The number of morpholine rings is 1. The molecule has 148 valence electrons. The first-order chi connectivity index (χ1) is 14.1. The molecule has 0 aliphatic carbocycles. The number of hydrogen-bond acceptors (Lipinski definition) is 6. The van der Waals surface area contributed by atoms with Gasteiger partial charge < -0.3 is 24.4 Å². The highest BCUT2D eigenvalue weighted by atomic mass is 79.9. The SMILES string of the molecule is N#C/C(=C\c1cc(Br)c2c(c1)OCO2)C(=O)Nc1ccc(N2CCOCC2)cc1. The fourth-order valence-corrected chi connectivity index (χ4v) is 3.74. The van der Waals surface area contributed by atoms with Crippen molar-refractivity contribution in [3.63, 3.8) is 0 Å². The van der Waals surface area contributed by atoms with Crippen molar-refractivity contribution < 1.29 is 19.0 Å². The first-order valence-corrected chi connectivity index (χ1v) is 9.88. The smallest absolute Gasteiger partial charge is 0.266 e. The van der Waals surface area contributed by atoms with Gasteiger partial charge in [0.2, 0.25) is 6.79 Å². The van der Waals surface area contributed by atoms with Crippen molar-refractivity contribution in [3.8, 4) is 17.6 Å². The van der Waals surface area contributed by atoms with E-state index in [1.165, 1.54) is 6.08 Å². The van der Waals surface area contributed by atoms with Gasteiger partial charge in [-0.2, -0.15) is 5.26 Å². The van der Waals surface area contributed by atoms with E-state index < -0.39 is 5.91 Å². The summed E-state index contributed by atoms with van der Waals surface area (Å²) in [5, 5.41) is 12.2. The van der Waals surface area contributed by atoms with Crippen LogP contribution in [0, 0.1) is 11.3 Å². The lowest BCUT2D eigenvalue weighted by atomic mass is 10.1. The zero-order valence-electron chi connectivity index (χ0n) is 15.5. The molecule has 0 atom stereocenters. The molecule has 2 aromatic carbocycles. The van der Waals surface area contributed by atoms with Crippen molar-refractivity contribution in [2.45, 2.75) is 0 Å². The Hall–Kier alpha value is -3.02. The van der Waals surface area contributed by atoms with Crippen molar-refractivity contribution in [3.05, 3.63) is 52.0 Å². The fourth-order valence-electron chi connectivity index (χ4n) is 3.16. The second-order valence-electron chi connectivity index (χ2n) is 6.51. The Morgan fingerprint density at radius 2 is 1.93 bits per heavy atom. The molecule has 2 aliphatic heterocycles. The molecular formula is C21H18BrN3O4. The average molecular weight is 456 g/mol. The third kappa shape index (κ3) is 4.36. The minimum Gasteiger partial charge on any atom is -0.454 e. The number of amides is 1. The number of carbonyl (C=O) groups is 1. The molecule has 2 aromatic rings. The Labute approximate surface area is 176 Å². The Morgan fingerprint density at radius 3 is 2.66 bits per heavy atom. The monoisotopic (exact) mass is 455 g/mol. The number of halogens is 1. The second-order valence-corrected chi connectivity index (χ2v) is 7.36. The summed E-state index contributed by atoms with van der Waals surface area (Å²) >= 11 is 3.41. The molecule has 0 spiro atoms. The molecule has 2 heterocycles. The van der Waals surface area contributed by atoms with Crippen LogP contribution in [0.15, 0.2) is 46.4 Å². The molecule has 7 nitrogen and oxygen atoms in total. The van der Waals surface area contributed by atoms with E-state index in [2.05, 4.69) is 26.1 Å². The lowest BCUT2D eigenvalue weighted by Crippen LogP contribution is -2.36. The third-order valence-corrected chi connectivity index (χ3v) is 5.22. The molecule has 4 rings (SSSR count). The highest BCUT2D eigenvalue weighted by molar-refractivity contribution is 9.10. The van der Waals surface area contributed by atoms with Crippen molar-refractivity contribution in [1.29, 1.82) is 5.26 Å². The van der Waals surface area contributed by atoms with Crippen molar-refractivity contribution in [2.24, 2.45) is 0 Å². The summed E-state index contributed by atoms with van der Waals surface area (Å²) < 4.78 is 16.8. The molecule has 0 unspecified atom stereocenters. The largest absolute Gasteiger partial charge is 0.454 e. The van der Waals surface area contributed by atoms with Gasteiger partial charge in [-0.3, -0.25) is 4.79 Å². The quantitative estimate of drug-likeness (QED) is 0.560. The van der Waals surface area contributed by atoms with Gasteiger partial charge in [0.25, 0.3) is 5.91 Å². The summed E-state index contributed by atoms with van der Waals surface area (Å²) in [6.07, 6.45) is 1.52. The summed E-state index contributed by atoms with van der Waals surface area (Å²) in [5.41, 5.74) is 2.36. The van der Waals surface area contributed by atoms with Gasteiger partial charge in [-0.1, -0.05) is 0 Å². The van der Waals surface area contributed by atoms with Crippen LogP contribution in [0.2, 0.25) is 0 Å². The standard InChI is InChI=1S/C21H18BrN3O4/c22-18-10-14(11-19-20(18)29-13-28-19)9-15(12-23)21(26)24-16-1-3-17(4-2-16)25-5-7-27-8-6-25/h1-4,9-11H,5-8,13H2,(H,24,26)/b15-9+. The van der Waals surface area contributed by atoms with Gasteiger partial charge in [-0.25, -0.2) is 0 Å². The van der Waals surface area contributed by atoms with Crippen LogP contribution in [-0.2, 0) is 9.53 Å². The van der Waals surface area contributed by atoms with E-state index in [1.807, 2.05) is 30.3 Å². The normalized spacial score (nSPS) is 15.7. The minimum absolute atomic E-state index is 0.00646. The highest BCUT2D eigenvalue weighted by Crippen LogP contribution is 2.40. The van der Waals surface area contributed by atoms with Gasteiger partial charge in [-0.05, 0) is 64.0 Å². The zero-order valence-corrected chi connectivity index (χ0v) is 17.1. The van der Waals surface area contributed by atoms with Crippen LogP contribution in [0.1, 0.15) is 5.56 Å². The summed E-state index contributed by atoms with van der Waals surface area (Å²) in [4.78, 5) is 14.8. The third-order valence-electron chi connectivity index (χ3n) is 4.63. The maximum atomic E-state index is 12.6. The molecule has 2 aliphatic rings. The van der Waals surface area contributed by atoms with Gasteiger partial charge >= 0.3 is 0 Å². The summed E-state index contributed by atoms with van der Waals surface area (Å²) in [6, 6.07) is 13.0. The average Bonchev–Trinajstić information content (AvgIpc) is 3.22. The van der Waals surface area contributed by atoms with Crippen LogP contribution in [0.3, 0.4) is 0 Å². The van der Waals surface area contributed by atoms with Crippen LogP contribution >= 0.6 is 15.9 Å². The van der Waals surface area contributed by atoms with Crippen molar-refractivity contribution >= 4 is 39.3 Å². The Balaban J connectivity index is 1.47. The summed E-state index contributed by atoms with van der Waals surface area (Å²) in [5.74, 6) is 0.716. The van der Waals surface area contributed by atoms with E-state index in [4.69, 9.17) is 14.2 Å². The molecule has 0 aromatic heterocycles. The number of hydrogen-bond donors (Lipinski definition) is 1. The topological polar surface area (TPSA) is 83.8 Å². The number of nitrogens with zero attached hydrogens (tertiary/aromatic N) is 2. The molecule has 8 heteroatoms. The first kappa shape index (κ1) is 19.3. The second kappa shape index (κ2) is 8.55. The molecule has 0 bridgehead atoms. The van der Waals surface area contributed by atoms with Gasteiger partial charge in [0, 0.05) is 24.5 Å². The van der Waals surface area contributed by atoms with Crippen LogP contribution in [0.25, 0.3) is 6.08 Å². The molecule has 1 N–H and O–H groups in total. The van der Waals surface area contributed by atoms with Gasteiger partial charge in [0.05, 0.1) is 17.7 Å². The Bertz CT molecular complexity index is 992. The molecule has 1 fully saturated rings. The fraction of sp³-hybridized carbons (Fsp3) is 0.238. The predicted octanol–water partition coefficient (Wildman–Crippen LogP) is 3.56. The number of rotatable bonds is 4. The number of anilines is 2. The molecule has 1 amide bonds. The summed E-state index contributed by atoms with van der Waals surface area (Å²) in [6.45, 7) is 3.26. The van der Waals surface area contributed by atoms with Gasteiger partial charge in [0.15, 0.2) is 11.5 Å². The van der Waals surface area contributed by atoms with Crippen LogP contribution in [-0.4, -0.2) is 39.0 Å². The summed E-state index contributed by atoms with van der Waals surface area (Å²) in [7, 11) is 0. The minimum atomic E-state index is -0.472. The predicted molar refractivity (Wildman–Crippen MR) is 112 cm³/mol.